The summed E-state index contributed by atoms with van der Waals surface area (Å²) in [6, 6.07) is 10.7. The van der Waals surface area contributed by atoms with Crippen LogP contribution in [0.1, 0.15) is 5.56 Å². The molecule has 32 heavy (non-hydrogen) atoms. The number of nitrogens with two attached hydrogens (primary N) is 1. The van der Waals surface area contributed by atoms with Crippen LogP contribution >= 0.6 is 0 Å². The molecule has 0 aromatic heterocycles. The fourth-order valence-corrected chi connectivity index (χ4v) is 4.66. The summed E-state index contributed by atoms with van der Waals surface area (Å²) in [6.45, 7) is 4.52. The molecule has 4 N–H and O–H groups in total. The number of phenols is 1. The number of amides is 3. The summed E-state index contributed by atoms with van der Waals surface area (Å²) in [5.41, 5.74) is 7.91. The fraction of sp³-hybridized carbons (Fsp3) is 0.200. The van der Waals surface area contributed by atoms with Crippen molar-refractivity contribution in [2.24, 2.45) is 17.6 Å². The minimum Gasteiger partial charge on any atom is -0.508 e. The second-order valence-electron chi connectivity index (χ2n) is 8.22. The number of fused-ring (bicyclic) bond motifs is 2. The van der Waals surface area contributed by atoms with Gasteiger partial charge in [-0.15, -0.1) is 0 Å². The second-order valence-corrected chi connectivity index (χ2v) is 8.22. The van der Waals surface area contributed by atoms with Crippen molar-refractivity contribution in [2.45, 2.75) is 6.10 Å². The van der Waals surface area contributed by atoms with Crippen LogP contribution in [0.15, 0.2) is 78.7 Å². The lowest BCUT2D eigenvalue weighted by Crippen LogP contribution is -2.50. The number of nitrogens with zero attached hydrogens (tertiary/aromatic N) is 1. The molecule has 2 heterocycles. The number of allylic oxidation sites excluding steroid dienone is 2. The van der Waals surface area contributed by atoms with Crippen molar-refractivity contribution in [3.05, 3.63) is 84.3 Å². The molecule has 0 spiro atoms. The number of hydrogen-bond donors (Lipinski definition) is 3. The van der Waals surface area contributed by atoms with Gasteiger partial charge in [0.25, 0.3) is 0 Å². The first-order valence-corrected chi connectivity index (χ1v) is 10.4. The van der Waals surface area contributed by atoms with Crippen molar-refractivity contribution < 1.29 is 19.4 Å². The molecule has 3 amide bonds. The van der Waals surface area contributed by atoms with Crippen LogP contribution in [0.4, 0.5) is 4.79 Å². The zero-order chi connectivity index (χ0) is 22.4. The Morgan fingerprint density at radius 2 is 2.03 bits per heavy atom. The zero-order valence-corrected chi connectivity index (χ0v) is 17.3. The van der Waals surface area contributed by atoms with E-state index in [0.717, 1.165) is 21.9 Å². The Labute approximate surface area is 185 Å². The Morgan fingerprint density at radius 3 is 2.78 bits per heavy atom. The number of ether oxygens (including phenoxy) is 1. The number of hydrogen-bond acceptors (Lipinski definition) is 4. The molecule has 2 atom stereocenters. The number of primary amides is 1. The summed E-state index contributed by atoms with van der Waals surface area (Å²) in [5, 5.41) is 15.0. The standard InChI is InChI=1S/C25H23N3O4/c1-2-22(30)28-12-16(13-28)24-23(27-25(26)31)20-10-15(7-8-21(20)32-24)19-11-17(29)9-14-5-3-4-6-18(14)19/h2-11,16,20-21,29H,1,12-13H2,(H3,26,27,31). The van der Waals surface area contributed by atoms with Crippen molar-refractivity contribution in [2.75, 3.05) is 13.1 Å². The van der Waals surface area contributed by atoms with Gasteiger partial charge in [0.05, 0.1) is 17.5 Å². The van der Waals surface area contributed by atoms with E-state index in [4.69, 9.17) is 10.5 Å². The predicted molar refractivity (Wildman–Crippen MR) is 121 cm³/mol. The largest absolute Gasteiger partial charge is 0.508 e. The third kappa shape index (κ3) is 3.32. The number of nitrogens with one attached hydrogen (secondary N) is 1. The Bertz CT molecular complexity index is 1240. The van der Waals surface area contributed by atoms with Crippen LogP contribution in [-0.4, -0.2) is 41.1 Å². The van der Waals surface area contributed by atoms with E-state index in [1.165, 1.54) is 6.08 Å². The van der Waals surface area contributed by atoms with Crippen LogP contribution in [0.5, 0.6) is 5.75 Å². The molecular formula is C25H23N3O4. The van der Waals surface area contributed by atoms with Crippen LogP contribution in [0, 0.1) is 11.8 Å². The second kappa shape index (κ2) is 7.60. The van der Waals surface area contributed by atoms with E-state index >= 15 is 0 Å². The van der Waals surface area contributed by atoms with Crippen LogP contribution in [-0.2, 0) is 9.53 Å². The highest BCUT2D eigenvalue weighted by Crippen LogP contribution is 2.43. The SMILES string of the molecule is C=CC(=O)N1CC(C2=C(NC(N)=O)C3C=C(c4cc(O)cc5ccccc45)C=CC3O2)C1. The highest BCUT2D eigenvalue weighted by molar-refractivity contribution is 5.97. The van der Waals surface area contributed by atoms with Gasteiger partial charge in [-0.3, -0.25) is 4.79 Å². The van der Waals surface area contributed by atoms with Crippen molar-refractivity contribution in [1.82, 2.24) is 10.2 Å². The zero-order valence-electron chi connectivity index (χ0n) is 17.3. The summed E-state index contributed by atoms with van der Waals surface area (Å²) in [4.78, 5) is 25.3. The highest BCUT2D eigenvalue weighted by Gasteiger charge is 2.43. The Kier molecular flexibility index (Phi) is 4.74. The van der Waals surface area contributed by atoms with Gasteiger partial charge in [0.2, 0.25) is 5.91 Å². The van der Waals surface area contributed by atoms with E-state index < -0.39 is 6.03 Å². The van der Waals surface area contributed by atoms with E-state index in [0.29, 0.717) is 24.5 Å². The van der Waals surface area contributed by atoms with Gasteiger partial charge in [0.15, 0.2) is 0 Å². The van der Waals surface area contributed by atoms with Gasteiger partial charge < -0.3 is 25.8 Å². The van der Waals surface area contributed by atoms with E-state index in [1.807, 2.05) is 42.5 Å². The van der Waals surface area contributed by atoms with E-state index in [2.05, 4.69) is 11.9 Å². The number of urea groups is 1. The summed E-state index contributed by atoms with van der Waals surface area (Å²) < 4.78 is 6.20. The first kappa shape index (κ1) is 19.9. The molecule has 5 rings (SSSR count). The van der Waals surface area contributed by atoms with E-state index in [9.17, 15) is 14.7 Å². The quantitative estimate of drug-likeness (QED) is 0.650. The molecule has 1 fully saturated rings. The smallest absolute Gasteiger partial charge is 0.316 e. The molecule has 1 aliphatic carbocycles. The molecule has 1 saturated heterocycles. The molecular weight excluding hydrogens is 406 g/mol. The maximum absolute atomic E-state index is 11.8. The first-order valence-electron chi connectivity index (χ1n) is 10.4. The summed E-state index contributed by atoms with van der Waals surface area (Å²) in [6.07, 6.45) is 6.99. The Morgan fingerprint density at radius 1 is 1.25 bits per heavy atom. The Balaban J connectivity index is 1.52. The lowest BCUT2D eigenvalue weighted by Gasteiger charge is -2.39. The van der Waals surface area contributed by atoms with Crippen LogP contribution < -0.4 is 11.1 Å². The van der Waals surface area contributed by atoms with E-state index in [1.54, 1.807) is 17.0 Å². The van der Waals surface area contributed by atoms with Gasteiger partial charge in [0.1, 0.15) is 17.6 Å². The molecule has 7 nitrogen and oxygen atoms in total. The third-order valence-electron chi connectivity index (χ3n) is 6.19. The molecule has 3 aliphatic rings. The van der Waals surface area contributed by atoms with Crippen molar-refractivity contribution >= 4 is 28.3 Å². The summed E-state index contributed by atoms with van der Waals surface area (Å²) in [5.74, 6) is 0.473. The molecule has 2 unspecified atom stereocenters. The van der Waals surface area contributed by atoms with Crippen molar-refractivity contribution in [3.8, 4) is 5.75 Å². The number of likely N-dealkylation sites (tertiary alicyclic amines) is 1. The fourth-order valence-electron chi connectivity index (χ4n) is 4.66. The van der Waals surface area contributed by atoms with Crippen molar-refractivity contribution in [1.29, 1.82) is 0 Å². The molecule has 0 saturated carbocycles. The summed E-state index contributed by atoms with van der Waals surface area (Å²) >= 11 is 0. The molecule has 7 heteroatoms. The van der Waals surface area contributed by atoms with Gasteiger partial charge in [0, 0.05) is 13.1 Å². The number of carbonyl (C=O) groups is 2. The van der Waals surface area contributed by atoms with Gasteiger partial charge >= 0.3 is 6.03 Å². The lowest BCUT2D eigenvalue weighted by molar-refractivity contribution is -0.132. The molecule has 162 valence electrons. The minimum absolute atomic E-state index is 0.0156. The number of rotatable bonds is 4. The third-order valence-corrected chi connectivity index (χ3v) is 6.19. The molecule has 0 bridgehead atoms. The monoisotopic (exact) mass is 429 g/mol. The van der Waals surface area contributed by atoms with Gasteiger partial charge in [-0.1, -0.05) is 43.0 Å². The average molecular weight is 429 g/mol. The van der Waals surface area contributed by atoms with E-state index in [-0.39, 0.29) is 29.6 Å². The molecule has 2 aliphatic heterocycles. The highest BCUT2D eigenvalue weighted by atomic mass is 16.5. The molecule has 0 radical (unpaired) electrons. The number of benzene rings is 2. The summed E-state index contributed by atoms with van der Waals surface area (Å²) in [7, 11) is 0. The number of aromatic hydroxyl groups is 1. The maximum Gasteiger partial charge on any atom is 0.316 e. The normalized spacial score (nSPS) is 22.1. The average Bonchev–Trinajstić information content (AvgIpc) is 3.08. The Hall–Kier alpha value is -4.00. The topological polar surface area (TPSA) is 105 Å². The van der Waals surface area contributed by atoms with Crippen LogP contribution in [0.3, 0.4) is 0 Å². The number of phenolic OH excluding ortho intramolecular Hbond substituents is 1. The van der Waals surface area contributed by atoms with Gasteiger partial charge in [-0.25, -0.2) is 4.79 Å². The van der Waals surface area contributed by atoms with Gasteiger partial charge in [-0.05, 0) is 46.2 Å². The first-order chi connectivity index (χ1) is 15.4. The number of carbonyl (C=O) groups excluding carboxylic acids is 2. The molecule has 2 aromatic carbocycles. The van der Waals surface area contributed by atoms with Crippen molar-refractivity contribution in [3.63, 3.8) is 0 Å². The van der Waals surface area contributed by atoms with Gasteiger partial charge in [-0.2, -0.15) is 0 Å². The molecule has 2 aromatic rings. The van der Waals surface area contributed by atoms with Crippen LogP contribution in [0.25, 0.3) is 16.3 Å². The predicted octanol–water partition coefficient (Wildman–Crippen LogP) is 3.04. The van der Waals surface area contributed by atoms with Crippen LogP contribution in [0.2, 0.25) is 0 Å². The minimum atomic E-state index is -0.660. The lowest BCUT2D eigenvalue weighted by atomic mass is 9.86. The maximum atomic E-state index is 11.8.